The summed E-state index contributed by atoms with van der Waals surface area (Å²) in [6.45, 7) is 8.60. The predicted molar refractivity (Wildman–Crippen MR) is 107 cm³/mol. The summed E-state index contributed by atoms with van der Waals surface area (Å²) in [4.78, 5) is 0. The van der Waals surface area contributed by atoms with Crippen LogP contribution in [0.25, 0.3) is 0 Å². The number of halogens is 2. The molecule has 1 unspecified atom stereocenters. The second-order valence-electron chi connectivity index (χ2n) is 6.82. The minimum absolute atomic E-state index is 0.0255. The SMILES string of the molecule is CC(NC(=S)Nc1ccc(Br)cc1F)c1ccc(C(C)(C)C)cc1. The van der Waals surface area contributed by atoms with E-state index in [2.05, 4.69) is 71.6 Å². The molecule has 0 saturated carbocycles. The summed E-state index contributed by atoms with van der Waals surface area (Å²) in [5.41, 5.74) is 2.90. The normalized spacial score (nSPS) is 12.6. The maximum Gasteiger partial charge on any atom is 0.171 e. The molecule has 0 spiro atoms. The van der Waals surface area contributed by atoms with Crippen LogP contribution in [0.2, 0.25) is 0 Å². The fraction of sp³-hybridized carbons (Fsp3) is 0.316. The van der Waals surface area contributed by atoms with Crippen LogP contribution in [0.4, 0.5) is 10.1 Å². The number of benzene rings is 2. The van der Waals surface area contributed by atoms with Crippen LogP contribution in [0.1, 0.15) is 44.9 Å². The van der Waals surface area contributed by atoms with E-state index in [-0.39, 0.29) is 17.3 Å². The molecule has 2 rings (SSSR count). The zero-order chi connectivity index (χ0) is 17.9. The predicted octanol–water partition coefficient (Wildman–Crippen LogP) is 5.93. The lowest BCUT2D eigenvalue weighted by atomic mass is 9.86. The molecule has 0 bridgehead atoms. The van der Waals surface area contributed by atoms with Gasteiger partial charge in [0.05, 0.1) is 11.7 Å². The van der Waals surface area contributed by atoms with Gasteiger partial charge in [0.1, 0.15) is 5.82 Å². The number of rotatable bonds is 3. The molecule has 0 aromatic heterocycles. The first-order chi connectivity index (χ1) is 11.2. The second kappa shape index (κ2) is 7.62. The van der Waals surface area contributed by atoms with Gasteiger partial charge in [-0.05, 0) is 53.9 Å². The Morgan fingerprint density at radius 1 is 1.12 bits per heavy atom. The molecule has 24 heavy (non-hydrogen) atoms. The molecule has 0 amide bonds. The van der Waals surface area contributed by atoms with E-state index in [9.17, 15) is 4.39 Å². The molecule has 0 heterocycles. The first-order valence-electron chi connectivity index (χ1n) is 7.80. The van der Waals surface area contributed by atoms with Gasteiger partial charge in [0.2, 0.25) is 0 Å². The van der Waals surface area contributed by atoms with Crippen molar-refractivity contribution in [2.24, 2.45) is 0 Å². The summed E-state index contributed by atoms with van der Waals surface area (Å²) in [5, 5.41) is 6.48. The van der Waals surface area contributed by atoms with Crippen molar-refractivity contribution in [3.63, 3.8) is 0 Å². The standard InChI is InChI=1S/C19H22BrFN2S/c1-12(13-5-7-14(8-6-13)19(2,3)4)22-18(24)23-17-10-9-15(20)11-16(17)21/h5-12H,1-4H3,(H2,22,23,24). The van der Waals surface area contributed by atoms with Gasteiger partial charge in [-0.2, -0.15) is 0 Å². The molecule has 0 fully saturated rings. The summed E-state index contributed by atoms with van der Waals surface area (Å²) >= 11 is 8.53. The lowest BCUT2D eigenvalue weighted by molar-refractivity contribution is 0.589. The number of hydrogen-bond donors (Lipinski definition) is 2. The highest BCUT2D eigenvalue weighted by Gasteiger charge is 2.14. The second-order valence-corrected chi connectivity index (χ2v) is 8.14. The summed E-state index contributed by atoms with van der Waals surface area (Å²) < 4.78 is 14.5. The molecule has 2 aromatic carbocycles. The van der Waals surface area contributed by atoms with E-state index in [4.69, 9.17) is 12.2 Å². The Hall–Kier alpha value is -1.46. The minimum atomic E-state index is -0.351. The van der Waals surface area contributed by atoms with Crippen LogP contribution in [-0.4, -0.2) is 5.11 Å². The van der Waals surface area contributed by atoms with Gasteiger partial charge >= 0.3 is 0 Å². The third-order valence-electron chi connectivity index (χ3n) is 3.80. The van der Waals surface area contributed by atoms with Crippen molar-refractivity contribution in [1.82, 2.24) is 5.32 Å². The van der Waals surface area contributed by atoms with Gasteiger partial charge in [-0.25, -0.2) is 4.39 Å². The molecule has 0 aliphatic carbocycles. The van der Waals surface area contributed by atoms with Crippen LogP contribution in [0.5, 0.6) is 0 Å². The maximum atomic E-state index is 13.8. The van der Waals surface area contributed by atoms with E-state index >= 15 is 0 Å². The van der Waals surface area contributed by atoms with Crippen LogP contribution in [0, 0.1) is 5.82 Å². The van der Waals surface area contributed by atoms with Gasteiger partial charge in [0.15, 0.2) is 5.11 Å². The molecule has 2 aromatic rings. The van der Waals surface area contributed by atoms with Crippen molar-refractivity contribution in [3.05, 3.63) is 63.9 Å². The van der Waals surface area contributed by atoms with Crippen molar-refractivity contribution < 1.29 is 4.39 Å². The maximum absolute atomic E-state index is 13.8. The molecule has 0 aliphatic rings. The fourth-order valence-corrected chi connectivity index (χ4v) is 2.92. The summed E-state index contributed by atoms with van der Waals surface area (Å²) in [7, 11) is 0. The Bertz CT molecular complexity index is 723. The molecule has 0 saturated heterocycles. The molecule has 0 aliphatic heterocycles. The quantitative estimate of drug-likeness (QED) is 0.614. The Balaban J connectivity index is 2.01. The number of nitrogens with one attached hydrogen (secondary N) is 2. The molecule has 128 valence electrons. The van der Waals surface area contributed by atoms with E-state index in [0.717, 1.165) is 5.56 Å². The van der Waals surface area contributed by atoms with Gasteiger partial charge < -0.3 is 10.6 Å². The third-order valence-corrected chi connectivity index (χ3v) is 4.52. The molecule has 2 nitrogen and oxygen atoms in total. The number of anilines is 1. The fourth-order valence-electron chi connectivity index (χ4n) is 2.30. The topological polar surface area (TPSA) is 24.1 Å². The zero-order valence-corrected chi connectivity index (χ0v) is 16.7. The Morgan fingerprint density at radius 2 is 1.75 bits per heavy atom. The van der Waals surface area contributed by atoms with E-state index in [0.29, 0.717) is 15.3 Å². The highest BCUT2D eigenvalue weighted by atomic mass is 79.9. The average Bonchev–Trinajstić information content (AvgIpc) is 2.49. The minimum Gasteiger partial charge on any atom is -0.356 e. The largest absolute Gasteiger partial charge is 0.356 e. The monoisotopic (exact) mass is 408 g/mol. The van der Waals surface area contributed by atoms with Gasteiger partial charge in [-0.3, -0.25) is 0 Å². The van der Waals surface area contributed by atoms with E-state index in [1.54, 1.807) is 12.1 Å². The third kappa shape index (κ3) is 5.02. The molecule has 1 atom stereocenters. The Labute approximate surface area is 157 Å². The first kappa shape index (κ1) is 18.9. The van der Waals surface area contributed by atoms with E-state index in [1.165, 1.54) is 11.6 Å². The van der Waals surface area contributed by atoms with Crippen LogP contribution in [0.15, 0.2) is 46.9 Å². The smallest absolute Gasteiger partial charge is 0.171 e. The first-order valence-corrected chi connectivity index (χ1v) is 9.00. The molecular weight excluding hydrogens is 387 g/mol. The van der Waals surface area contributed by atoms with Crippen molar-refractivity contribution in [2.45, 2.75) is 39.2 Å². The molecule has 5 heteroatoms. The zero-order valence-electron chi connectivity index (χ0n) is 14.3. The van der Waals surface area contributed by atoms with Crippen molar-refractivity contribution in [1.29, 1.82) is 0 Å². The lowest BCUT2D eigenvalue weighted by Crippen LogP contribution is -2.31. The molecule has 0 radical (unpaired) electrons. The van der Waals surface area contributed by atoms with Crippen LogP contribution < -0.4 is 10.6 Å². The van der Waals surface area contributed by atoms with Gasteiger partial charge in [0, 0.05) is 4.47 Å². The van der Waals surface area contributed by atoms with Crippen molar-refractivity contribution >= 4 is 38.9 Å². The Morgan fingerprint density at radius 3 is 2.29 bits per heavy atom. The van der Waals surface area contributed by atoms with Gasteiger partial charge in [0.25, 0.3) is 0 Å². The average molecular weight is 409 g/mol. The van der Waals surface area contributed by atoms with Crippen LogP contribution >= 0.6 is 28.1 Å². The Kier molecular flexibility index (Phi) is 5.99. The van der Waals surface area contributed by atoms with E-state index in [1.807, 2.05) is 6.92 Å². The summed E-state index contributed by atoms with van der Waals surface area (Å²) in [5.74, 6) is -0.351. The highest BCUT2D eigenvalue weighted by Crippen LogP contribution is 2.24. The van der Waals surface area contributed by atoms with Crippen molar-refractivity contribution in [3.8, 4) is 0 Å². The summed E-state index contributed by atoms with van der Waals surface area (Å²) in [6, 6.07) is 13.3. The van der Waals surface area contributed by atoms with Crippen LogP contribution in [0.3, 0.4) is 0 Å². The lowest BCUT2D eigenvalue weighted by Gasteiger charge is -2.21. The van der Waals surface area contributed by atoms with Gasteiger partial charge in [-0.1, -0.05) is 61.0 Å². The number of thiocarbonyl (C=S) groups is 1. The molecule has 2 N–H and O–H groups in total. The van der Waals surface area contributed by atoms with E-state index < -0.39 is 0 Å². The van der Waals surface area contributed by atoms with Gasteiger partial charge in [-0.15, -0.1) is 0 Å². The number of hydrogen-bond acceptors (Lipinski definition) is 1. The molecular formula is C19H22BrFN2S. The summed E-state index contributed by atoms with van der Waals surface area (Å²) in [6.07, 6.45) is 0. The van der Waals surface area contributed by atoms with Crippen molar-refractivity contribution in [2.75, 3.05) is 5.32 Å². The highest BCUT2D eigenvalue weighted by molar-refractivity contribution is 9.10. The van der Waals surface area contributed by atoms with Crippen LogP contribution in [-0.2, 0) is 5.41 Å².